The lowest BCUT2D eigenvalue weighted by molar-refractivity contribution is 0.0496. The van der Waals surface area contributed by atoms with Gasteiger partial charge in [-0.05, 0) is 92.3 Å². The van der Waals surface area contributed by atoms with E-state index >= 15 is 0 Å². The molecule has 5 nitrogen and oxygen atoms in total. The van der Waals surface area contributed by atoms with Crippen molar-refractivity contribution < 1.29 is 14.3 Å². The van der Waals surface area contributed by atoms with E-state index in [0.717, 1.165) is 42.8 Å². The van der Waals surface area contributed by atoms with Gasteiger partial charge in [0.2, 0.25) is 0 Å². The zero-order valence-electron chi connectivity index (χ0n) is 24.3. The van der Waals surface area contributed by atoms with Crippen molar-refractivity contribution in [1.82, 2.24) is 0 Å². The lowest BCUT2D eigenvalue weighted by Crippen LogP contribution is -2.07. The maximum atomic E-state index is 12.1. The molecule has 3 rings (SSSR count). The maximum absolute atomic E-state index is 12.1. The summed E-state index contributed by atoms with van der Waals surface area (Å²) in [6, 6.07) is 21.2. The van der Waals surface area contributed by atoms with Crippen molar-refractivity contribution in [3.05, 3.63) is 77.9 Å². The SMILES string of the molecule is CCCCCCCCCCc1ccc(N=Nc2ccc(OCCCCCOC(=O)c3cc(S)cc(S)c3)cc2)cc1. The van der Waals surface area contributed by atoms with Gasteiger partial charge in [-0.1, -0.05) is 64.0 Å². The first kappa shape index (κ1) is 32.7. The van der Waals surface area contributed by atoms with E-state index in [-0.39, 0.29) is 5.97 Å². The largest absolute Gasteiger partial charge is 0.494 e. The van der Waals surface area contributed by atoms with Crippen LogP contribution in [0.5, 0.6) is 5.75 Å². The van der Waals surface area contributed by atoms with E-state index in [9.17, 15) is 4.79 Å². The Morgan fingerprint density at radius 2 is 1.20 bits per heavy atom. The average Bonchev–Trinajstić information content (AvgIpc) is 2.97. The minimum absolute atomic E-state index is 0.351. The Bertz CT molecular complexity index is 1180. The molecule has 0 N–H and O–H groups in total. The van der Waals surface area contributed by atoms with Crippen molar-refractivity contribution in [1.29, 1.82) is 0 Å². The van der Waals surface area contributed by atoms with Gasteiger partial charge in [0.25, 0.3) is 0 Å². The molecule has 0 heterocycles. The second kappa shape index (κ2) is 19.4. The highest BCUT2D eigenvalue weighted by Gasteiger charge is 2.08. The summed E-state index contributed by atoms with van der Waals surface area (Å²) >= 11 is 8.54. The summed E-state index contributed by atoms with van der Waals surface area (Å²) in [7, 11) is 0. The topological polar surface area (TPSA) is 60.3 Å². The molecular formula is C34H44N2O3S2. The van der Waals surface area contributed by atoms with Crippen LogP contribution >= 0.6 is 25.3 Å². The van der Waals surface area contributed by atoms with E-state index in [1.807, 2.05) is 36.4 Å². The summed E-state index contributed by atoms with van der Waals surface area (Å²) in [6.45, 7) is 3.24. The van der Waals surface area contributed by atoms with Gasteiger partial charge >= 0.3 is 5.97 Å². The molecule has 0 saturated heterocycles. The van der Waals surface area contributed by atoms with Crippen molar-refractivity contribution in [3.8, 4) is 5.75 Å². The molecule has 0 aliphatic rings. The Hall–Kier alpha value is -2.77. The summed E-state index contributed by atoms with van der Waals surface area (Å²) < 4.78 is 11.2. The highest BCUT2D eigenvalue weighted by Crippen LogP contribution is 2.23. The molecule has 0 radical (unpaired) electrons. The molecule has 0 amide bonds. The van der Waals surface area contributed by atoms with Crippen LogP contribution in [0, 0.1) is 0 Å². The van der Waals surface area contributed by atoms with Crippen LogP contribution < -0.4 is 4.74 Å². The molecule has 3 aromatic rings. The first-order chi connectivity index (χ1) is 20.0. The third-order valence-electron chi connectivity index (χ3n) is 6.80. The second-order valence-corrected chi connectivity index (χ2v) is 11.4. The van der Waals surface area contributed by atoms with Crippen LogP contribution in [0.15, 0.2) is 86.7 Å². The second-order valence-electron chi connectivity index (χ2n) is 10.4. The first-order valence-electron chi connectivity index (χ1n) is 15.0. The highest BCUT2D eigenvalue weighted by atomic mass is 32.1. The Labute approximate surface area is 257 Å². The summed E-state index contributed by atoms with van der Waals surface area (Å²) in [6.07, 6.45) is 14.4. The van der Waals surface area contributed by atoms with Gasteiger partial charge in [-0.3, -0.25) is 0 Å². The molecule has 0 unspecified atom stereocenters. The Kier molecular flexibility index (Phi) is 15.5. The third kappa shape index (κ3) is 13.6. The summed E-state index contributed by atoms with van der Waals surface area (Å²) in [5, 5.41) is 8.74. The number of carbonyl (C=O) groups is 1. The summed E-state index contributed by atoms with van der Waals surface area (Å²) in [5.41, 5.74) is 3.48. The smallest absolute Gasteiger partial charge is 0.338 e. The van der Waals surface area contributed by atoms with E-state index < -0.39 is 0 Å². The fraction of sp³-hybridized carbons (Fsp3) is 0.441. The maximum Gasteiger partial charge on any atom is 0.338 e. The average molecular weight is 593 g/mol. The van der Waals surface area contributed by atoms with Crippen LogP contribution in [-0.4, -0.2) is 19.2 Å². The third-order valence-corrected chi connectivity index (χ3v) is 7.32. The van der Waals surface area contributed by atoms with Gasteiger partial charge in [0.15, 0.2) is 0 Å². The Morgan fingerprint density at radius 1 is 0.659 bits per heavy atom. The minimum Gasteiger partial charge on any atom is -0.494 e. The Morgan fingerprint density at radius 3 is 1.83 bits per heavy atom. The molecule has 41 heavy (non-hydrogen) atoms. The van der Waals surface area contributed by atoms with Crippen LogP contribution in [0.4, 0.5) is 11.4 Å². The number of benzene rings is 3. The fourth-order valence-corrected chi connectivity index (χ4v) is 5.11. The summed E-state index contributed by atoms with van der Waals surface area (Å²) in [4.78, 5) is 13.5. The normalized spacial score (nSPS) is 11.2. The molecule has 7 heteroatoms. The van der Waals surface area contributed by atoms with Gasteiger partial charge in [0, 0.05) is 9.79 Å². The van der Waals surface area contributed by atoms with Gasteiger partial charge in [-0.2, -0.15) is 10.2 Å². The van der Waals surface area contributed by atoms with Crippen LogP contribution in [-0.2, 0) is 11.2 Å². The number of hydrogen-bond donors (Lipinski definition) is 2. The molecule has 220 valence electrons. The number of thiol groups is 2. The quantitative estimate of drug-likeness (QED) is 0.0630. The lowest BCUT2D eigenvalue weighted by Gasteiger charge is -2.08. The fourth-order valence-electron chi connectivity index (χ4n) is 4.45. The standard InChI is InChI=1S/C34H44N2O3S2/c1-2-3-4-5-6-7-8-10-13-27-14-16-29(17-15-27)35-36-30-18-20-31(21-19-30)38-22-11-9-12-23-39-34(37)28-24-32(40)26-33(41)25-28/h14-21,24-26,40-41H,2-13,22-23H2,1H3. The van der Waals surface area contributed by atoms with Crippen molar-refractivity contribution in [3.63, 3.8) is 0 Å². The zero-order valence-corrected chi connectivity index (χ0v) is 26.1. The van der Waals surface area contributed by atoms with E-state index in [2.05, 4.69) is 54.5 Å². The number of hydrogen-bond acceptors (Lipinski definition) is 7. The number of aryl methyl sites for hydroxylation is 1. The van der Waals surface area contributed by atoms with E-state index in [4.69, 9.17) is 9.47 Å². The predicted octanol–water partition coefficient (Wildman–Crippen LogP) is 10.8. The molecule has 0 atom stereocenters. The van der Waals surface area contributed by atoms with E-state index in [0.29, 0.717) is 28.6 Å². The van der Waals surface area contributed by atoms with Crippen LogP contribution in [0.1, 0.15) is 93.5 Å². The highest BCUT2D eigenvalue weighted by molar-refractivity contribution is 7.81. The van der Waals surface area contributed by atoms with Crippen LogP contribution in [0.25, 0.3) is 0 Å². The van der Waals surface area contributed by atoms with Crippen molar-refractivity contribution in [2.24, 2.45) is 10.2 Å². The van der Waals surface area contributed by atoms with Gasteiger partial charge in [-0.25, -0.2) is 4.79 Å². The number of nitrogens with zero attached hydrogens (tertiary/aromatic N) is 2. The van der Waals surface area contributed by atoms with Gasteiger partial charge in [0.1, 0.15) is 5.75 Å². The first-order valence-corrected chi connectivity index (χ1v) is 15.9. The van der Waals surface area contributed by atoms with E-state index in [1.165, 1.54) is 56.9 Å². The Balaban J connectivity index is 1.26. The number of ether oxygens (including phenoxy) is 2. The van der Waals surface area contributed by atoms with Crippen LogP contribution in [0.2, 0.25) is 0 Å². The number of esters is 1. The van der Waals surface area contributed by atoms with Gasteiger partial charge < -0.3 is 9.47 Å². The molecule has 0 saturated carbocycles. The number of carbonyl (C=O) groups excluding carboxylic acids is 1. The van der Waals surface area contributed by atoms with Crippen molar-refractivity contribution in [2.45, 2.75) is 93.8 Å². The number of rotatable bonds is 19. The zero-order chi connectivity index (χ0) is 29.1. The lowest BCUT2D eigenvalue weighted by atomic mass is 10.0. The molecule has 0 bridgehead atoms. The molecule has 0 fully saturated rings. The molecule has 0 aliphatic carbocycles. The molecule has 0 spiro atoms. The van der Waals surface area contributed by atoms with Gasteiger partial charge in [0.05, 0.1) is 30.2 Å². The molecule has 0 aromatic heterocycles. The van der Waals surface area contributed by atoms with Crippen LogP contribution in [0.3, 0.4) is 0 Å². The summed E-state index contributed by atoms with van der Waals surface area (Å²) in [5.74, 6) is 0.450. The molecular weight excluding hydrogens is 549 g/mol. The minimum atomic E-state index is -0.351. The van der Waals surface area contributed by atoms with Crippen molar-refractivity contribution in [2.75, 3.05) is 13.2 Å². The van der Waals surface area contributed by atoms with Crippen molar-refractivity contribution >= 4 is 42.6 Å². The molecule has 3 aromatic carbocycles. The predicted molar refractivity (Wildman–Crippen MR) is 174 cm³/mol. The van der Waals surface area contributed by atoms with Gasteiger partial charge in [-0.15, -0.1) is 25.3 Å². The van der Waals surface area contributed by atoms with E-state index in [1.54, 1.807) is 18.2 Å². The monoisotopic (exact) mass is 592 g/mol. The molecule has 0 aliphatic heterocycles. The number of azo groups is 1. The number of unbranched alkanes of at least 4 members (excludes halogenated alkanes) is 9.